The molecule has 1 aliphatic rings. The SMILES string of the molecule is CCC/C(C)=C(C)/C(Bc1cccc(C(C)C/C=C\C(C)C)c1C)=C(\C=C\c1ccccc1C)C1=c2c(n(-c3ccccc3)c3ccccc23)=C(C)CC1. The van der Waals surface area contributed by atoms with E-state index in [1.54, 1.807) is 0 Å². The topological polar surface area (TPSA) is 4.93 Å². The fourth-order valence-corrected chi connectivity index (χ4v) is 8.50. The number of allylic oxidation sites excluding steroid dienone is 7. The van der Waals surface area contributed by atoms with Crippen LogP contribution in [-0.4, -0.2) is 11.8 Å². The molecule has 54 heavy (non-hydrogen) atoms. The summed E-state index contributed by atoms with van der Waals surface area (Å²) in [6.45, 7) is 20.9. The van der Waals surface area contributed by atoms with Crippen LogP contribution in [0.15, 0.2) is 137 Å². The zero-order valence-corrected chi connectivity index (χ0v) is 34.4. The van der Waals surface area contributed by atoms with Gasteiger partial charge in [-0.1, -0.05) is 165 Å². The van der Waals surface area contributed by atoms with Crippen LogP contribution in [0.1, 0.15) is 109 Å². The van der Waals surface area contributed by atoms with Crippen LogP contribution in [0, 0.1) is 19.8 Å². The van der Waals surface area contributed by atoms with Gasteiger partial charge in [-0.15, -0.1) is 0 Å². The van der Waals surface area contributed by atoms with Gasteiger partial charge in [0.1, 0.15) is 0 Å². The monoisotopic (exact) mass is 709 g/mol. The lowest BCUT2D eigenvalue weighted by Gasteiger charge is -2.23. The number of hydrogen-bond acceptors (Lipinski definition) is 0. The van der Waals surface area contributed by atoms with E-state index in [0.717, 1.165) is 39.4 Å². The molecule has 1 unspecified atom stereocenters. The average molecular weight is 710 g/mol. The largest absolute Gasteiger partial charge is 0.309 e. The Morgan fingerprint density at radius 1 is 0.815 bits per heavy atom. The Labute approximate surface area is 326 Å². The van der Waals surface area contributed by atoms with Gasteiger partial charge in [0.05, 0.1) is 10.9 Å². The fraction of sp³-hybridized carbons (Fsp3) is 0.308. The molecule has 0 aliphatic heterocycles. The first kappa shape index (κ1) is 38.9. The molecule has 0 radical (unpaired) electrons. The van der Waals surface area contributed by atoms with E-state index in [2.05, 4.69) is 188 Å². The van der Waals surface area contributed by atoms with E-state index in [-0.39, 0.29) is 0 Å². The quantitative estimate of drug-likeness (QED) is 0.0652. The maximum absolute atomic E-state index is 2.52. The van der Waals surface area contributed by atoms with Crippen molar-refractivity contribution in [1.29, 1.82) is 0 Å². The van der Waals surface area contributed by atoms with E-state index in [4.69, 9.17) is 0 Å². The van der Waals surface area contributed by atoms with Gasteiger partial charge in [0.25, 0.3) is 0 Å². The Balaban J connectivity index is 1.70. The number of nitrogens with zero attached hydrogens (tertiary/aromatic N) is 1. The number of fused-ring (bicyclic) bond motifs is 3. The van der Waals surface area contributed by atoms with Crippen LogP contribution in [0.2, 0.25) is 0 Å². The van der Waals surface area contributed by atoms with Gasteiger partial charge in [-0.25, -0.2) is 0 Å². The predicted molar refractivity (Wildman–Crippen MR) is 240 cm³/mol. The minimum atomic E-state index is 0.462. The minimum absolute atomic E-state index is 0.462. The van der Waals surface area contributed by atoms with Gasteiger partial charge in [-0.05, 0) is 124 Å². The summed E-state index contributed by atoms with van der Waals surface area (Å²) in [7, 11) is 0.896. The number of aryl methyl sites for hydroxylation is 1. The second kappa shape index (κ2) is 17.5. The molecule has 1 heterocycles. The summed E-state index contributed by atoms with van der Waals surface area (Å²) in [5, 5.41) is 4.09. The standard InChI is InChI=1S/C52H60BN/c1-10-20-36(4)40(8)51(53-48-29-19-28-44(41(48)9)38(6)23-18-21-35(2)3)46(34-32-42-24-15-14-22-37(42)5)45-33-31-39(7)52-50(45)47-27-16-17-30-49(47)54(52)43-25-12-11-13-26-43/h11-19,21-22,24-30,32,34-35,38,53H,10,20,23,31,33H2,1-9H3/b21-18-,34-32+,40-36+,51-46-. The third kappa shape index (κ3) is 8.29. The predicted octanol–water partition coefficient (Wildman–Crippen LogP) is 11.9. The molecule has 0 saturated carbocycles. The van der Waals surface area contributed by atoms with Crippen LogP contribution in [0.4, 0.5) is 0 Å². The highest BCUT2D eigenvalue weighted by Gasteiger charge is 2.23. The molecule has 4 aromatic carbocycles. The molecule has 0 bridgehead atoms. The lowest BCUT2D eigenvalue weighted by atomic mass is 9.56. The first-order chi connectivity index (χ1) is 26.1. The van der Waals surface area contributed by atoms with Crippen LogP contribution in [0.25, 0.3) is 33.8 Å². The van der Waals surface area contributed by atoms with Crippen molar-refractivity contribution < 1.29 is 0 Å². The number of benzene rings is 4. The highest BCUT2D eigenvalue weighted by molar-refractivity contribution is 6.63. The van der Waals surface area contributed by atoms with Gasteiger partial charge in [-0.3, -0.25) is 0 Å². The molecule has 1 aromatic heterocycles. The summed E-state index contributed by atoms with van der Waals surface area (Å²) < 4.78 is 2.52. The van der Waals surface area contributed by atoms with Gasteiger partial charge in [0.2, 0.25) is 0 Å². The van der Waals surface area contributed by atoms with Crippen molar-refractivity contribution in [3.63, 3.8) is 0 Å². The number of para-hydroxylation sites is 2. The van der Waals surface area contributed by atoms with Crippen molar-refractivity contribution in [1.82, 2.24) is 4.57 Å². The molecule has 1 aliphatic carbocycles. The first-order valence-corrected chi connectivity index (χ1v) is 20.4. The van der Waals surface area contributed by atoms with Crippen molar-refractivity contribution in [3.05, 3.63) is 170 Å². The number of hydrogen-bond donors (Lipinski definition) is 0. The van der Waals surface area contributed by atoms with Crippen LogP contribution in [0.3, 0.4) is 0 Å². The van der Waals surface area contributed by atoms with Crippen molar-refractivity contribution in [2.24, 2.45) is 5.92 Å². The Morgan fingerprint density at radius 2 is 1.54 bits per heavy atom. The van der Waals surface area contributed by atoms with Gasteiger partial charge in [0.15, 0.2) is 7.28 Å². The molecule has 276 valence electrons. The molecular weight excluding hydrogens is 649 g/mol. The van der Waals surface area contributed by atoms with Gasteiger partial charge < -0.3 is 4.57 Å². The van der Waals surface area contributed by atoms with E-state index in [1.807, 2.05) is 0 Å². The van der Waals surface area contributed by atoms with Crippen LogP contribution in [0.5, 0.6) is 0 Å². The van der Waals surface area contributed by atoms with Crippen LogP contribution in [-0.2, 0) is 0 Å². The summed E-state index contributed by atoms with van der Waals surface area (Å²) in [4.78, 5) is 0. The van der Waals surface area contributed by atoms with E-state index in [0.29, 0.717) is 11.8 Å². The lowest BCUT2D eigenvalue weighted by molar-refractivity contribution is 0.759. The summed E-state index contributed by atoms with van der Waals surface area (Å²) in [5.41, 5.74) is 18.1. The van der Waals surface area contributed by atoms with Crippen LogP contribution >= 0.6 is 0 Å². The molecular formula is C52H60BN. The van der Waals surface area contributed by atoms with Crippen molar-refractivity contribution in [2.75, 3.05) is 0 Å². The maximum Gasteiger partial charge on any atom is 0.193 e. The van der Waals surface area contributed by atoms with Gasteiger partial charge in [-0.2, -0.15) is 0 Å². The smallest absolute Gasteiger partial charge is 0.193 e. The molecule has 5 aromatic rings. The van der Waals surface area contributed by atoms with Gasteiger partial charge in [0, 0.05) is 16.3 Å². The third-order valence-corrected chi connectivity index (χ3v) is 11.7. The van der Waals surface area contributed by atoms with E-state index in [1.165, 1.54) is 88.2 Å². The normalized spacial score (nSPS) is 14.9. The summed E-state index contributed by atoms with van der Waals surface area (Å²) in [6.07, 6.45) is 14.9. The lowest BCUT2D eigenvalue weighted by Crippen LogP contribution is -2.35. The fourth-order valence-electron chi connectivity index (χ4n) is 8.50. The number of rotatable bonds is 13. The molecule has 0 saturated heterocycles. The van der Waals surface area contributed by atoms with E-state index < -0.39 is 0 Å². The maximum atomic E-state index is 2.52. The van der Waals surface area contributed by atoms with E-state index in [9.17, 15) is 0 Å². The third-order valence-electron chi connectivity index (χ3n) is 11.7. The average Bonchev–Trinajstić information content (AvgIpc) is 3.52. The second-order valence-electron chi connectivity index (χ2n) is 16.0. The summed E-state index contributed by atoms with van der Waals surface area (Å²) in [5.74, 6) is 1.04. The summed E-state index contributed by atoms with van der Waals surface area (Å²) >= 11 is 0. The van der Waals surface area contributed by atoms with Crippen molar-refractivity contribution >= 4 is 40.9 Å². The molecule has 0 spiro atoms. The van der Waals surface area contributed by atoms with Crippen molar-refractivity contribution in [3.8, 4) is 5.69 Å². The zero-order valence-electron chi connectivity index (χ0n) is 34.4. The Kier molecular flexibility index (Phi) is 12.6. The van der Waals surface area contributed by atoms with Crippen molar-refractivity contribution in [2.45, 2.75) is 100 Å². The second-order valence-corrected chi connectivity index (χ2v) is 16.0. The molecule has 1 nitrogen and oxygen atoms in total. The van der Waals surface area contributed by atoms with Gasteiger partial charge >= 0.3 is 0 Å². The molecule has 0 fully saturated rings. The molecule has 0 amide bonds. The minimum Gasteiger partial charge on any atom is -0.309 e. The molecule has 6 rings (SSSR count). The Bertz CT molecular complexity index is 2370. The Hall–Kier alpha value is -4.82. The Morgan fingerprint density at radius 3 is 2.28 bits per heavy atom. The number of aromatic nitrogens is 1. The highest BCUT2D eigenvalue weighted by Crippen LogP contribution is 2.33. The zero-order chi connectivity index (χ0) is 38.4. The molecule has 2 heteroatoms. The summed E-state index contributed by atoms with van der Waals surface area (Å²) in [6, 6.07) is 35.9. The molecule has 0 N–H and O–H groups in total. The highest BCUT2D eigenvalue weighted by atomic mass is 15.0. The van der Waals surface area contributed by atoms with Crippen LogP contribution < -0.4 is 16.0 Å². The van der Waals surface area contributed by atoms with E-state index >= 15 is 0 Å². The molecule has 1 atom stereocenters. The first-order valence-electron chi connectivity index (χ1n) is 20.4.